The van der Waals surface area contributed by atoms with E-state index >= 15 is 0 Å². The van der Waals surface area contributed by atoms with Crippen molar-refractivity contribution < 1.29 is 14.6 Å². The average Bonchev–Trinajstić information content (AvgIpc) is 2.76. The molecule has 0 aliphatic heterocycles. The van der Waals surface area contributed by atoms with Crippen LogP contribution in [0.3, 0.4) is 0 Å². The molecular formula is C23H32IN3O3. The van der Waals surface area contributed by atoms with Gasteiger partial charge in [0.05, 0.1) is 20.8 Å². The molecular weight excluding hydrogens is 493 g/mol. The largest absolute Gasteiger partial charge is 0.508 e. The summed E-state index contributed by atoms with van der Waals surface area (Å²) in [5, 5.41) is 17.0. The Morgan fingerprint density at radius 1 is 1.03 bits per heavy atom. The molecule has 0 aromatic heterocycles. The molecule has 7 heteroatoms. The summed E-state index contributed by atoms with van der Waals surface area (Å²) >= 11 is 0. The lowest BCUT2D eigenvalue weighted by Crippen LogP contribution is -2.37. The number of fused-ring (bicyclic) bond motifs is 1. The molecule has 0 heterocycles. The molecule has 0 atom stereocenters. The summed E-state index contributed by atoms with van der Waals surface area (Å²) in [5.41, 5.74) is 4.66. The highest BCUT2D eigenvalue weighted by molar-refractivity contribution is 14.0. The Morgan fingerprint density at radius 3 is 2.53 bits per heavy atom. The first-order valence-electron chi connectivity index (χ1n) is 10.2. The maximum absolute atomic E-state index is 10.4. The molecule has 2 aromatic carbocycles. The highest BCUT2D eigenvalue weighted by atomic mass is 127. The van der Waals surface area contributed by atoms with Crippen LogP contribution >= 0.6 is 24.0 Å². The number of nitrogens with one attached hydrogen (secondary N) is 2. The van der Waals surface area contributed by atoms with Crippen molar-refractivity contribution in [2.24, 2.45) is 4.99 Å². The lowest BCUT2D eigenvalue weighted by molar-refractivity contribution is 0.354. The molecule has 1 aliphatic rings. The molecule has 0 saturated carbocycles. The Hall–Kier alpha value is -2.16. The van der Waals surface area contributed by atoms with E-state index in [4.69, 9.17) is 9.47 Å². The number of nitrogens with zero attached hydrogens (tertiary/aromatic N) is 1. The summed E-state index contributed by atoms with van der Waals surface area (Å²) in [6.07, 6.45) is 4.52. The minimum Gasteiger partial charge on any atom is -0.508 e. The van der Waals surface area contributed by atoms with Crippen LogP contribution in [0.4, 0.5) is 0 Å². The number of rotatable bonds is 7. The van der Waals surface area contributed by atoms with E-state index in [1.54, 1.807) is 14.2 Å². The average molecular weight is 525 g/mol. The van der Waals surface area contributed by atoms with Crippen molar-refractivity contribution in [3.63, 3.8) is 0 Å². The molecule has 0 fully saturated rings. The molecule has 6 nitrogen and oxygen atoms in total. The summed E-state index contributed by atoms with van der Waals surface area (Å²) < 4.78 is 10.7. The van der Waals surface area contributed by atoms with Crippen LogP contribution in [0.1, 0.15) is 42.0 Å². The van der Waals surface area contributed by atoms with Gasteiger partial charge in [-0.25, -0.2) is 4.99 Å². The van der Waals surface area contributed by atoms with Crippen molar-refractivity contribution in [3.8, 4) is 17.2 Å². The smallest absolute Gasteiger partial charge is 0.191 e. The number of guanidine groups is 1. The van der Waals surface area contributed by atoms with E-state index in [-0.39, 0.29) is 24.0 Å². The second kappa shape index (κ2) is 11.9. The molecule has 30 heavy (non-hydrogen) atoms. The van der Waals surface area contributed by atoms with Crippen molar-refractivity contribution in [1.82, 2.24) is 10.6 Å². The van der Waals surface area contributed by atoms with E-state index in [9.17, 15) is 5.11 Å². The molecule has 3 rings (SSSR count). The van der Waals surface area contributed by atoms with Gasteiger partial charge < -0.3 is 25.2 Å². The van der Waals surface area contributed by atoms with Gasteiger partial charge in [0, 0.05) is 18.7 Å². The maximum atomic E-state index is 10.4. The minimum atomic E-state index is 0. The van der Waals surface area contributed by atoms with Gasteiger partial charge in [0.25, 0.3) is 0 Å². The minimum absolute atomic E-state index is 0. The molecule has 1 aliphatic carbocycles. The number of aliphatic imine (C=N–C) groups is 1. The summed E-state index contributed by atoms with van der Waals surface area (Å²) in [5.74, 6) is 2.47. The summed E-state index contributed by atoms with van der Waals surface area (Å²) in [7, 11) is 3.25. The number of aryl methyl sites for hydroxylation is 1. The van der Waals surface area contributed by atoms with Crippen molar-refractivity contribution in [2.75, 3.05) is 20.8 Å². The van der Waals surface area contributed by atoms with Crippen molar-refractivity contribution in [1.29, 1.82) is 0 Å². The van der Waals surface area contributed by atoms with E-state index in [1.165, 1.54) is 24.0 Å². The first kappa shape index (κ1) is 24.1. The number of methoxy groups -OCH3 is 2. The van der Waals surface area contributed by atoms with E-state index in [0.29, 0.717) is 30.3 Å². The van der Waals surface area contributed by atoms with Gasteiger partial charge in [0.2, 0.25) is 0 Å². The van der Waals surface area contributed by atoms with Crippen LogP contribution in [0, 0.1) is 0 Å². The number of halogens is 1. The molecule has 0 unspecified atom stereocenters. The first-order valence-corrected chi connectivity index (χ1v) is 10.2. The van der Waals surface area contributed by atoms with Crippen LogP contribution in [0.15, 0.2) is 35.3 Å². The standard InChI is InChI=1S/C23H31N3O3.HI/c1-4-24-23(25-14-16-9-12-21(28-2)22(13-16)29-3)26-15-19-18-8-6-5-7-17(18)10-11-20(19)27;/h9-13,27H,4-8,14-15H2,1-3H3,(H2,24,25,26);1H. The van der Waals surface area contributed by atoms with Crippen LogP contribution in [0.25, 0.3) is 0 Å². The third-order valence-corrected chi connectivity index (χ3v) is 5.27. The topological polar surface area (TPSA) is 75.1 Å². The monoisotopic (exact) mass is 525 g/mol. The zero-order valence-corrected chi connectivity index (χ0v) is 20.3. The molecule has 0 radical (unpaired) electrons. The van der Waals surface area contributed by atoms with E-state index < -0.39 is 0 Å². The normalized spacial score (nSPS) is 13.1. The van der Waals surface area contributed by atoms with Gasteiger partial charge in [-0.2, -0.15) is 0 Å². The first-order chi connectivity index (χ1) is 14.2. The van der Waals surface area contributed by atoms with E-state index in [1.807, 2.05) is 31.2 Å². The van der Waals surface area contributed by atoms with E-state index in [2.05, 4.69) is 21.7 Å². The molecule has 0 amide bonds. The maximum Gasteiger partial charge on any atom is 0.191 e. The van der Waals surface area contributed by atoms with Gasteiger partial charge in [-0.1, -0.05) is 12.1 Å². The van der Waals surface area contributed by atoms with Crippen LogP contribution in [-0.4, -0.2) is 31.8 Å². The fourth-order valence-electron chi connectivity index (χ4n) is 3.75. The summed E-state index contributed by atoms with van der Waals surface area (Å²) in [6.45, 7) is 3.85. The van der Waals surface area contributed by atoms with Gasteiger partial charge in [-0.3, -0.25) is 0 Å². The highest BCUT2D eigenvalue weighted by Crippen LogP contribution is 2.30. The van der Waals surface area contributed by atoms with Crippen molar-refractivity contribution >= 4 is 29.9 Å². The van der Waals surface area contributed by atoms with Crippen LogP contribution in [0.5, 0.6) is 17.2 Å². The number of ether oxygens (including phenoxy) is 2. The Morgan fingerprint density at radius 2 is 1.80 bits per heavy atom. The van der Waals surface area contributed by atoms with E-state index in [0.717, 1.165) is 36.5 Å². The Kier molecular flexibility index (Phi) is 9.55. The predicted molar refractivity (Wildman–Crippen MR) is 131 cm³/mol. The van der Waals surface area contributed by atoms with Crippen LogP contribution in [0.2, 0.25) is 0 Å². The highest BCUT2D eigenvalue weighted by Gasteiger charge is 2.16. The van der Waals surface area contributed by atoms with Crippen LogP contribution in [-0.2, 0) is 25.9 Å². The Balaban J connectivity index is 0.00000320. The molecule has 0 saturated heterocycles. The number of phenols is 1. The number of phenolic OH excluding ortho intramolecular Hbond substituents is 1. The van der Waals surface area contributed by atoms with Crippen LogP contribution < -0.4 is 20.1 Å². The molecule has 0 spiro atoms. The van der Waals surface area contributed by atoms with Crippen molar-refractivity contribution in [3.05, 3.63) is 52.6 Å². The number of hydrogen-bond donors (Lipinski definition) is 3. The molecule has 2 aromatic rings. The third kappa shape index (κ3) is 5.93. The zero-order valence-electron chi connectivity index (χ0n) is 18.0. The number of benzene rings is 2. The lowest BCUT2D eigenvalue weighted by atomic mass is 9.88. The second-order valence-corrected chi connectivity index (χ2v) is 7.15. The fourth-order valence-corrected chi connectivity index (χ4v) is 3.75. The summed E-state index contributed by atoms with van der Waals surface area (Å²) in [6, 6.07) is 9.68. The second-order valence-electron chi connectivity index (χ2n) is 7.15. The summed E-state index contributed by atoms with van der Waals surface area (Å²) in [4.78, 5) is 4.69. The third-order valence-electron chi connectivity index (χ3n) is 5.27. The van der Waals surface area contributed by atoms with Gasteiger partial charge in [-0.15, -0.1) is 24.0 Å². The zero-order chi connectivity index (χ0) is 20.6. The number of aromatic hydroxyl groups is 1. The Labute approximate surface area is 196 Å². The predicted octanol–water partition coefficient (Wildman–Crippen LogP) is 4.16. The van der Waals surface area contributed by atoms with Gasteiger partial charge in [0.1, 0.15) is 5.75 Å². The van der Waals surface area contributed by atoms with Gasteiger partial charge in [-0.05, 0) is 67.5 Å². The Bertz CT molecular complexity index is 871. The number of hydrogen-bond acceptors (Lipinski definition) is 4. The molecule has 164 valence electrons. The lowest BCUT2D eigenvalue weighted by Gasteiger charge is -2.21. The molecule has 0 bridgehead atoms. The quantitative estimate of drug-likeness (QED) is 0.288. The SMILES string of the molecule is CCNC(=NCc1ccc(OC)c(OC)c1)NCc1c(O)ccc2c1CCCC2.I. The molecule has 3 N–H and O–H groups in total. The fraction of sp³-hybridized carbons (Fsp3) is 0.435. The van der Waals surface area contributed by atoms with Gasteiger partial charge in [0.15, 0.2) is 17.5 Å². The van der Waals surface area contributed by atoms with Gasteiger partial charge >= 0.3 is 0 Å². The van der Waals surface area contributed by atoms with Crippen molar-refractivity contribution in [2.45, 2.75) is 45.7 Å².